The van der Waals surface area contributed by atoms with Gasteiger partial charge < -0.3 is 10.2 Å². The van der Waals surface area contributed by atoms with Crippen LogP contribution in [0, 0.1) is 0 Å². The number of nitrogens with zero attached hydrogens (tertiary/aromatic N) is 3. The van der Waals surface area contributed by atoms with Crippen LogP contribution in [-0.2, 0) is 0 Å². The molecule has 5 nitrogen and oxygen atoms in total. The number of anilines is 1. The van der Waals surface area contributed by atoms with Crippen LogP contribution in [0.5, 0.6) is 0 Å². The van der Waals surface area contributed by atoms with Crippen LogP contribution < -0.4 is 5.32 Å². The molecule has 1 aliphatic carbocycles. The van der Waals surface area contributed by atoms with Crippen LogP contribution in [0.3, 0.4) is 0 Å². The van der Waals surface area contributed by atoms with Gasteiger partial charge in [0.05, 0.1) is 0 Å². The van der Waals surface area contributed by atoms with Crippen molar-refractivity contribution in [3.05, 3.63) is 17.8 Å². The molecule has 1 aliphatic rings. The number of rotatable bonds is 6. The van der Waals surface area contributed by atoms with Crippen molar-refractivity contribution in [2.45, 2.75) is 52.0 Å². The van der Waals surface area contributed by atoms with Gasteiger partial charge in [0.2, 0.25) is 0 Å². The maximum atomic E-state index is 12.5. The molecule has 0 spiro atoms. The molecular weight excluding hydrogens is 252 g/mol. The number of hydrogen-bond acceptors (Lipinski definition) is 4. The highest BCUT2D eigenvalue weighted by atomic mass is 16.2. The first-order valence-electron chi connectivity index (χ1n) is 7.64. The van der Waals surface area contributed by atoms with Gasteiger partial charge in [-0.1, -0.05) is 19.8 Å². The molecule has 0 unspecified atom stereocenters. The summed E-state index contributed by atoms with van der Waals surface area (Å²) in [6.07, 6.45) is 5.71. The molecular formula is C15H24N4O. The molecule has 0 aromatic carbocycles. The Bertz CT molecular complexity index is 426. The molecule has 0 bridgehead atoms. The van der Waals surface area contributed by atoms with E-state index in [1.807, 2.05) is 17.9 Å². The van der Waals surface area contributed by atoms with E-state index in [1.54, 1.807) is 6.07 Å². The zero-order valence-electron chi connectivity index (χ0n) is 12.4. The van der Waals surface area contributed by atoms with E-state index in [-0.39, 0.29) is 5.91 Å². The van der Waals surface area contributed by atoms with Crippen molar-refractivity contribution in [2.75, 3.05) is 18.4 Å². The van der Waals surface area contributed by atoms with Gasteiger partial charge >= 0.3 is 0 Å². The Morgan fingerprint density at radius 2 is 2.05 bits per heavy atom. The van der Waals surface area contributed by atoms with E-state index in [1.165, 1.54) is 12.8 Å². The third-order valence-electron chi connectivity index (χ3n) is 3.81. The zero-order valence-corrected chi connectivity index (χ0v) is 12.4. The molecule has 0 atom stereocenters. The first-order valence-corrected chi connectivity index (χ1v) is 7.64. The summed E-state index contributed by atoms with van der Waals surface area (Å²) >= 11 is 0. The van der Waals surface area contributed by atoms with E-state index in [0.717, 1.165) is 38.2 Å². The number of hydrogen-bond donors (Lipinski definition) is 1. The van der Waals surface area contributed by atoms with Crippen LogP contribution in [0.15, 0.2) is 12.1 Å². The summed E-state index contributed by atoms with van der Waals surface area (Å²) in [6.45, 7) is 5.73. The Morgan fingerprint density at radius 3 is 2.60 bits per heavy atom. The van der Waals surface area contributed by atoms with Gasteiger partial charge in [-0.15, -0.1) is 10.2 Å². The molecule has 5 heteroatoms. The quantitative estimate of drug-likeness (QED) is 0.868. The Labute approximate surface area is 120 Å². The van der Waals surface area contributed by atoms with Gasteiger partial charge in [0.1, 0.15) is 5.82 Å². The minimum atomic E-state index is 0.00828. The second kappa shape index (κ2) is 7.22. The topological polar surface area (TPSA) is 58.1 Å². The Balaban J connectivity index is 2.03. The molecule has 1 amide bonds. The SMILES string of the molecule is CCCNc1ccc(C(=O)N(CC)C2CCCC2)nn1. The normalized spacial score (nSPS) is 15.3. The molecule has 1 aromatic heterocycles. The van der Waals surface area contributed by atoms with E-state index in [9.17, 15) is 4.79 Å². The number of nitrogens with one attached hydrogen (secondary N) is 1. The standard InChI is InChI=1S/C15H24N4O/c1-3-11-16-14-10-9-13(17-18-14)15(20)19(4-2)12-7-5-6-8-12/h9-10,12H,3-8,11H2,1-2H3,(H,16,18). The molecule has 1 aromatic rings. The fourth-order valence-corrected chi connectivity index (χ4v) is 2.72. The third-order valence-corrected chi connectivity index (χ3v) is 3.81. The molecule has 0 aliphatic heterocycles. The molecule has 0 radical (unpaired) electrons. The van der Waals surface area contributed by atoms with Gasteiger partial charge in [0, 0.05) is 19.1 Å². The van der Waals surface area contributed by atoms with Crippen LogP contribution in [0.25, 0.3) is 0 Å². The fourth-order valence-electron chi connectivity index (χ4n) is 2.72. The average molecular weight is 276 g/mol. The molecule has 1 N–H and O–H groups in total. The van der Waals surface area contributed by atoms with E-state index in [0.29, 0.717) is 11.7 Å². The van der Waals surface area contributed by atoms with Crippen molar-refractivity contribution in [2.24, 2.45) is 0 Å². The number of amides is 1. The summed E-state index contributed by atoms with van der Waals surface area (Å²) in [5.41, 5.74) is 0.445. The molecule has 20 heavy (non-hydrogen) atoms. The summed E-state index contributed by atoms with van der Waals surface area (Å²) in [5, 5.41) is 11.3. The minimum Gasteiger partial charge on any atom is -0.369 e. The fraction of sp³-hybridized carbons (Fsp3) is 0.667. The highest BCUT2D eigenvalue weighted by Gasteiger charge is 2.26. The largest absolute Gasteiger partial charge is 0.369 e. The lowest BCUT2D eigenvalue weighted by Gasteiger charge is -2.27. The first-order chi connectivity index (χ1) is 9.76. The minimum absolute atomic E-state index is 0.00828. The summed E-state index contributed by atoms with van der Waals surface area (Å²) < 4.78 is 0. The maximum absolute atomic E-state index is 12.5. The van der Waals surface area contributed by atoms with Crippen molar-refractivity contribution < 1.29 is 4.79 Å². The summed E-state index contributed by atoms with van der Waals surface area (Å²) in [5.74, 6) is 0.737. The van der Waals surface area contributed by atoms with Gasteiger partial charge in [-0.2, -0.15) is 0 Å². The predicted molar refractivity (Wildman–Crippen MR) is 79.8 cm³/mol. The summed E-state index contributed by atoms with van der Waals surface area (Å²) in [7, 11) is 0. The van der Waals surface area contributed by atoms with Gasteiger partial charge in [0.25, 0.3) is 5.91 Å². The highest BCUT2D eigenvalue weighted by Crippen LogP contribution is 2.24. The predicted octanol–water partition coefficient (Wildman–Crippen LogP) is 2.70. The Hall–Kier alpha value is -1.65. The van der Waals surface area contributed by atoms with Gasteiger partial charge in [0.15, 0.2) is 5.69 Å². The maximum Gasteiger partial charge on any atom is 0.274 e. The van der Waals surface area contributed by atoms with Crippen molar-refractivity contribution in [1.29, 1.82) is 0 Å². The van der Waals surface area contributed by atoms with Gasteiger partial charge in [-0.25, -0.2) is 0 Å². The molecule has 1 fully saturated rings. The van der Waals surface area contributed by atoms with Crippen molar-refractivity contribution in [3.63, 3.8) is 0 Å². The van der Waals surface area contributed by atoms with Crippen LogP contribution >= 0.6 is 0 Å². The van der Waals surface area contributed by atoms with E-state index in [4.69, 9.17) is 0 Å². The van der Waals surface area contributed by atoms with Crippen LogP contribution in [0.2, 0.25) is 0 Å². The summed E-state index contributed by atoms with van der Waals surface area (Å²) in [4.78, 5) is 14.4. The second-order valence-electron chi connectivity index (χ2n) is 5.26. The smallest absolute Gasteiger partial charge is 0.274 e. The van der Waals surface area contributed by atoms with Crippen molar-refractivity contribution in [3.8, 4) is 0 Å². The molecule has 110 valence electrons. The van der Waals surface area contributed by atoms with E-state index in [2.05, 4.69) is 22.4 Å². The van der Waals surface area contributed by atoms with Crippen molar-refractivity contribution in [1.82, 2.24) is 15.1 Å². The lowest BCUT2D eigenvalue weighted by atomic mass is 10.2. The number of carbonyl (C=O) groups excluding carboxylic acids is 1. The lowest BCUT2D eigenvalue weighted by molar-refractivity contribution is 0.0686. The Morgan fingerprint density at radius 1 is 1.30 bits per heavy atom. The van der Waals surface area contributed by atoms with Crippen LogP contribution in [0.1, 0.15) is 56.4 Å². The van der Waals surface area contributed by atoms with Crippen LogP contribution in [-0.4, -0.2) is 40.1 Å². The molecule has 1 saturated carbocycles. The average Bonchev–Trinajstić information content (AvgIpc) is 3.00. The molecule has 1 heterocycles. The Kier molecular flexibility index (Phi) is 5.32. The first kappa shape index (κ1) is 14.8. The number of aromatic nitrogens is 2. The lowest BCUT2D eigenvalue weighted by Crippen LogP contribution is -2.39. The van der Waals surface area contributed by atoms with Gasteiger partial charge in [-0.3, -0.25) is 4.79 Å². The highest BCUT2D eigenvalue weighted by molar-refractivity contribution is 5.92. The second-order valence-corrected chi connectivity index (χ2v) is 5.26. The molecule has 0 saturated heterocycles. The van der Waals surface area contributed by atoms with Crippen LogP contribution in [0.4, 0.5) is 5.82 Å². The number of carbonyl (C=O) groups is 1. The summed E-state index contributed by atoms with van der Waals surface area (Å²) in [6, 6.07) is 3.98. The third kappa shape index (κ3) is 3.46. The van der Waals surface area contributed by atoms with Gasteiger partial charge in [-0.05, 0) is 38.3 Å². The zero-order chi connectivity index (χ0) is 14.4. The molecule has 2 rings (SSSR count). The van der Waals surface area contributed by atoms with E-state index < -0.39 is 0 Å². The monoisotopic (exact) mass is 276 g/mol. The van der Waals surface area contributed by atoms with E-state index >= 15 is 0 Å². The van der Waals surface area contributed by atoms with Crippen molar-refractivity contribution >= 4 is 11.7 Å².